The number of carbonyl (C=O) groups excluding carboxylic acids is 1. The molecule has 0 saturated carbocycles. The van der Waals surface area contributed by atoms with Crippen molar-refractivity contribution >= 4 is 22.6 Å². The van der Waals surface area contributed by atoms with Gasteiger partial charge in [0.05, 0.1) is 11.0 Å². The maximum Gasteiger partial charge on any atom is 0.227 e. The molecule has 30 heavy (non-hydrogen) atoms. The molecule has 4 nitrogen and oxygen atoms in total. The van der Waals surface area contributed by atoms with E-state index in [1.807, 2.05) is 18.2 Å². The van der Waals surface area contributed by atoms with Crippen molar-refractivity contribution in [2.45, 2.75) is 25.8 Å². The number of hydrogen-bond acceptors (Lipinski definition) is 2. The van der Waals surface area contributed by atoms with Crippen molar-refractivity contribution in [3.8, 4) is 0 Å². The van der Waals surface area contributed by atoms with Crippen molar-refractivity contribution in [2.24, 2.45) is 0 Å². The number of nitrogens with zero attached hydrogens (tertiary/aromatic N) is 3. The van der Waals surface area contributed by atoms with Crippen molar-refractivity contribution < 1.29 is 9.18 Å². The number of para-hydroxylation sites is 2. The molecule has 1 saturated heterocycles. The van der Waals surface area contributed by atoms with Gasteiger partial charge in [-0.15, -0.1) is 0 Å². The van der Waals surface area contributed by atoms with Crippen LogP contribution in [0.5, 0.6) is 0 Å². The minimum atomic E-state index is -0.304. The highest BCUT2D eigenvalue weighted by atomic mass is 19.1. The first-order chi connectivity index (χ1) is 14.6. The molecule has 4 aromatic rings. The summed E-state index contributed by atoms with van der Waals surface area (Å²) >= 11 is 0. The predicted molar refractivity (Wildman–Crippen MR) is 116 cm³/mol. The van der Waals surface area contributed by atoms with Gasteiger partial charge in [-0.2, -0.15) is 0 Å². The Morgan fingerprint density at radius 3 is 2.63 bits per heavy atom. The van der Waals surface area contributed by atoms with Crippen molar-refractivity contribution in [3.63, 3.8) is 0 Å². The zero-order valence-corrected chi connectivity index (χ0v) is 16.8. The van der Waals surface area contributed by atoms with Crippen LogP contribution >= 0.6 is 0 Å². The molecule has 1 aliphatic heterocycles. The van der Waals surface area contributed by atoms with Gasteiger partial charge in [0.15, 0.2) is 0 Å². The predicted octanol–water partition coefficient (Wildman–Crippen LogP) is 5.05. The maximum absolute atomic E-state index is 13.3. The molecule has 0 N–H and O–H groups in total. The number of halogens is 1. The van der Waals surface area contributed by atoms with Crippen LogP contribution in [0.1, 0.15) is 29.3 Å². The highest BCUT2D eigenvalue weighted by molar-refractivity contribution is 5.96. The van der Waals surface area contributed by atoms with E-state index in [0.717, 1.165) is 22.5 Å². The van der Waals surface area contributed by atoms with Crippen LogP contribution in [-0.2, 0) is 11.3 Å². The topological polar surface area (TPSA) is 38.1 Å². The largest absolute Gasteiger partial charge is 0.323 e. The third kappa shape index (κ3) is 3.36. The molecule has 1 aliphatic rings. The van der Waals surface area contributed by atoms with Gasteiger partial charge in [0.1, 0.15) is 11.6 Å². The van der Waals surface area contributed by atoms with E-state index in [-0.39, 0.29) is 17.6 Å². The Morgan fingerprint density at radius 2 is 1.83 bits per heavy atom. The number of fused-ring (bicyclic) bond motifs is 1. The SMILES string of the molecule is Cc1cccc(Cn2c(C3CC(=O)N(c4ccc(F)cc4)C3)nc3ccccc32)c1. The molecule has 0 radical (unpaired) electrons. The van der Waals surface area contributed by atoms with Crippen LogP contribution in [0.15, 0.2) is 72.8 Å². The molecule has 150 valence electrons. The fourth-order valence-electron chi connectivity index (χ4n) is 4.32. The van der Waals surface area contributed by atoms with Gasteiger partial charge in [0.25, 0.3) is 0 Å². The second-order valence-corrected chi connectivity index (χ2v) is 7.92. The summed E-state index contributed by atoms with van der Waals surface area (Å²) in [5.74, 6) is 0.651. The second-order valence-electron chi connectivity index (χ2n) is 7.92. The summed E-state index contributed by atoms with van der Waals surface area (Å²) in [4.78, 5) is 19.4. The first-order valence-corrected chi connectivity index (χ1v) is 10.1. The number of imidazole rings is 1. The third-order valence-corrected chi connectivity index (χ3v) is 5.74. The summed E-state index contributed by atoms with van der Waals surface area (Å²) in [5, 5.41) is 0. The summed E-state index contributed by atoms with van der Waals surface area (Å²) < 4.78 is 15.5. The average Bonchev–Trinajstić information content (AvgIpc) is 3.30. The highest BCUT2D eigenvalue weighted by Gasteiger charge is 2.34. The summed E-state index contributed by atoms with van der Waals surface area (Å²) in [6.07, 6.45) is 0.397. The lowest BCUT2D eigenvalue weighted by Crippen LogP contribution is -2.24. The Hall–Kier alpha value is -3.47. The van der Waals surface area contributed by atoms with Crippen molar-refractivity contribution in [2.75, 3.05) is 11.4 Å². The van der Waals surface area contributed by atoms with Gasteiger partial charge in [-0.25, -0.2) is 9.37 Å². The van der Waals surface area contributed by atoms with Crippen LogP contribution in [0.2, 0.25) is 0 Å². The molecule has 5 heteroatoms. The molecule has 1 amide bonds. The molecule has 1 atom stereocenters. The maximum atomic E-state index is 13.3. The number of amides is 1. The van der Waals surface area contributed by atoms with Crippen LogP contribution < -0.4 is 4.90 Å². The molecule has 1 aromatic heterocycles. The Morgan fingerprint density at radius 1 is 1.03 bits per heavy atom. The molecule has 1 fully saturated rings. The van der Waals surface area contributed by atoms with Gasteiger partial charge in [-0.1, -0.05) is 42.0 Å². The van der Waals surface area contributed by atoms with Crippen LogP contribution in [0.3, 0.4) is 0 Å². The number of aromatic nitrogens is 2. The number of rotatable bonds is 4. The Balaban J connectivity index is 1.52. The van der Waals surface area contributed by atoms with Gasteiger partial charge in [0, 0.05) is 31.1 Å². The Kier molecular flexibility index (Phi) is 4.58. The molecular formula is C25H22FN3O. The molecule has 0 bridgehead atoms. The first-order valence-electron chi connectivity index (χ1n) is 10.1. The summed E-state index contributed by atoms with van der Waals surface area (Å²) in [6, 6.07) is 22.7. The van der Waals surface area contributed by atoms with Crippen molar-refractivity contribution in [1.82, 2.24) is 9.55 Å². The summed E-state index contributed by atoms with van der Waals surface area (Å²) in [5.41, 5.74) is 5.16. The normalized spacial score (nSPS) is 16.5. The lowest BCUT2D eigenvalue weighted by molar-refractivity contribution is -0.117. The van der Waals surface area contributed by atoms with E-state index in [9.17, 15) is 9.18 Å². The zero-order valence-electron chi connectivity index (χ0n) is 16.8. The molecule has 5 rings (SSSR count). The smallest absolute Gasteiger partial charge is 0.227 e. The van der Waals surface area contributed by atoms with Crippen LogP contribution in [-0.4, -0.2) is 22.0 Å². The fourth-order valence-corrected chi connectivity index (χ4v) is 4.32. The van der Waals surface area contributed by atoms with E-state index in [2.05, 4.69) is 41.8 Å². The van der Waals surface area contributed by atoms with E-state index in [0.29, 0.717) is 19.5 Å². The molecule has 0 aliphatic carbocycles. The Labute approximate surface area is 174 Å². The summed E-state index contributed by atoms with van der Waals surface area (Å²) in [6.45, 7) is 3.34. The van der Waals surface area contributed by atoms with Crippen LogP contribution in [0.25, 0.3) is 11.0 Å². The molecule has 0 spiro atoms. The lowest BCUT2D eigenvalue weighted by Gasteiger charge is -2.17. The Bertz CT molecular complexity index is 1230. The van der Waals surface area contributed by atoms with E-state index < -0.39 is 0 Å². The summed E-state index contributed by atoms with van der Waals surface area (Å²) in [7, 11) is 0. The monoisotopic (exact) mass is 399 g/mol. The molecular weight excluding hydrogens is 377 g/mol. The van der Waals surface area contributed by atoms with E-state index in [1.165, 1.54) is 23.3 Å². The molecule has 1 unspecified atom stereocenters. The lowest BCUT2D eigenvalue weighted by atomic mass is 10.1. The first kappa shape index (κ1) is 18.6. The van der Waals surface area contributed by atoms with E-state index in [1.54, 1.807) is 17.0 Å². The number of aryl methyl sites for hydroxylation is 1. The van der Waals surface area contributed by atoms with Gasteiger partial charge >= 0.3 is 0 Å². The van der Waals surface area contributed by atoms with E-state index in [4.69, 9.17) is 4.98 Å². The number of benzene rings is 3. The fraction of sp³-hybridized carbons (Fsp3) is 0.200. The second kappa shape index (κ2) is 7.41. The van der Waals surface area contributed by atoms with Crippen molar-refractivity contribution in [1.29, 1.82) is 0 Å². The number of carbonyl (C=O) groups is 1. The van der Waals surface area contributed by atoms with Gasteiger partial charge in [-0.3, -0.25) is 4.79 Å². The van der Waals surface area contributed by atoms with Crippen molar-refractivity contribution in [3.05, 3.63) is 95.6 Å². The highest BCUT2D eigenvalue weighted by Crippen LogP contribution is 2.33. The standard InChI is InChI=1S/C25H22FN3O/c1-17-5-4-6-18(13-17)15-29-23-8-3-2-7-22(23)27-25(29)19-14-24(30)28(16-19)21-11-9-20(26)10-12-21/h2-13,19H,14-16H2,1H3. The van der Waals surface area contributed by atoms with Crippen LogP contribution in [0, 0.1) is 12.7 Å². The third-order valence-electron chi connectivity index (χ3n) is 5.74. The molecule has 2 heterocycles. The molecule has 3 aromatic carbocycles. The minimum absolute atomic E-state index is 0.0141. The quantitative estimate of drug-likeness (QED) is 0.481. The number of hydrogen-bond donors (Lipinski definition) is 0. The number of anilines is 1. The van der Waals surface area contributed by atoms with Gasteiger partial charge < -0.3 is 9.47 Å². The van der Waals surface area contributed by atoms with Gasteiger partial charge in [-0.05, 0) is 48.9 Å². The van der Waals surface area contributed by atoms with E-state index >= 15 is 0 Å². The zero-order chi connectivity index (χ0) is 20.7. The van der Waals surface area contributed by atoms with Gasteiger partial charge in [0.2, 0.25) is 5.91 Å². The average molecular weight is 399 g/mol. The van der Waals surface area contributed by atoms with Crippen LogP contribution in [0.4, 0.5) is 10.1 Å². The minimum Gasteiger partial charge on any atom is -0.323 e.